The normalized spacial score (nSPS) is 12.3. The summed E-state index contributed by atoms with van der Waals surface area (Å²) >= 11 is 5.99. The Balaban J connectivity index is 1.68. The largest absolute Gasteiger partial charge is 0.323 e. The van der Waals surface area contributed by atoms with E-state index in [1.54, 1.807) is 13.0 Å². The maximum absolute atomic E-state index is 13.9. The smallest absolute Gasteiger partial charge is 0.259 e. The van der Waals surface area contributed by atoms with Gasteiger partial charge >= 0.3 is 0 Å². The van der Waals surface area contributed by atoms with Crippen molar-refractivity contribution in [1.29, 1.82) is 0 Å². The van der Waals surface area contributed by atoms with Crippen LogP contribution in [0.1, 0.15) is 23.2 Å². The molecule has 0 saturated heterocycles. The maximum Gasteiger partial charge on any atom is 0.259 e. The van der Waals surface area contributed by atoms with Crippen molar-refractivity contribution < 1.29 is 9.18 Å². The second kappa shape index (κ2) is 8.12. The number of carbonyl (C=O) groups is 1. The van der Waals surface area contributed by atoms with Gasteiger partial charge in [-0.25, -0.2) is 9.37 Å². The summed E-state index contributed by atoms with van der Waals surface area (Å²) in [6, 6.07) is 4.46. The molecule has 1 aromatic carbocycles. The standard InChI is InChI=1S/C18H17BrFN3O2S2/c1-8-9(2)27-18-15(8)17(25)22-14(23-18)7-26-10(3)16(24)21-13-5-4-11(19)6-12(13)20/h4-6,10H,7H2,1-3H3,(H,21,24)(H,22,23,25). The molecule has 0 aliphatic heterocycles. The lowest BCUT2D eigenvalue weighted by molar-refractivity contribution is -0.115. The number of hydrogen-bond acceptors (Lipinski definition) is 5. The highest BCUT2D eigenvalue weighted by atomic mass is 79.9. The lowest BCUT2D eigenvalue weighted by atomic mass is 10.2. The summed E-state index contributed by atoms with van der Waals surface area (Å²) in [5, 5.41) is 2.76. The first-order chi connectivity index (χ1) is 12.8. The Morgan fingerprint density at radius 2 is 2.19 bits per heavy atom. The number of carbonyl (C=O) groups excluding carboxylic acids is 1. The lowest BCUT2D eigenvalue weighted by Gasteiger charge is -2.12. The summed E-state index contributed by atoms with van der Waals surface area (Å²) in [5.74, 6) is 0.0778. The van der Waals surface area contributed by atoms with Gasteiger partial charge in [0, 0.05) is 9.35 Å². The predicted octanol–water partition coefficient (Wildman–Crippen LogP) is 4.76. The lowest BCUT2D eigenvalue weighted by Crippen LogP contribution is -2.23. The number of aromatic amines is 1. The molecule has 1 atom stereocenters. The van der Waals surface area contributed by atoms with Crippen LogP contribution in [0, 0.1) is 19.7 Å². The first-order valence-corrected chi connectivity index (χ1v) is 10.8. The molecule has 0 spiro atoms. The van der Waals surface area contributed by atoms with Gasteiger partial charge in [0.25, 0.3) is 5.56 Å². The second-order valence-corrected chi connectivity index (χ2v) is 9.49. The number of thioether (sulfide) groups is 1. The van der Waals surface area contributed by atoms with Crippen molar-refractivity contribution in [3.05, 3.63) is 55.1 Å². The third-order valence-electron chi connectivity index (χ3n) is 4.12. The van der Waals surface area contributed by atoms with Crippen LogP contribution >= 0.6 is 39.0 Å². The molecule has 9 heteroatoms. The Morgan fingerprint density at radius 3 is 2.89 bits per heavy atom. The number of thiophene rings is 1. The van der Waals surface area contributed by atoms with Gasteiger partial charge in [0.1, 0.15) is 16.5 Å². The average molecular weight is 470 g/mol. The van der Waals surface area contributed by atoms with Crippen LogP contribution in [-0.2, 0) is 10.5 Å². The summed E-state index contributed by atoms with van der Waals surface area (Å²) in [4.78, 5) is 33.7. The van der Waals surface area contributed by atoms with E-state index in [9.17, 15) is 14.0 Å². The minimum Gasteiger partial charge on any atom is -0.323 e. The Kier molecular flexibility index (Phi) is 6.02. The minimum atomic E-state index is -0.505. The quantitative estimate of drug-likeness (QED) is 0.564. The van der Waals surface area contributed by atoms with Gasteiger partial charge < -0.3 is 10.3 Å². The van der Waals surface area contributed by atoms with Gasteiger partial charge in [-0.2, -0.15) is 0 Å². The average Bonchev–Trinajstić information content (AvgIpc) is 2.89. The predicted molar refractivity (Wildman–Crippen MR) is 113 cm³/mol. The molecule has 27 heavy (non-hydrogen) atoms. The van der Waals surface area contributed by atoms with Gasteiger partial charge in [0.05, 0.1) is 22.1 Å². The molecular weight excluding hydrogens is 453 g/mol. The summed E-state index contributed by atoms with van der Waals surface area (Å²) in [6.07, 6.45) is 0. The van der Waals surface area contributed by atoms with E-state index in [2.05, 4.69) is 31.2 Å². The maximum atomic E-state index is 13.9. The zero-order valence-electron chi connectivity index (χ0n) is 14.9. The van der Waals surface area contributed by atoms with E-state index in [0.717, 1.165) is 10.4 Å². The number of aryl methyl sites for hydroxylation is 2. The number of halogens is 2. The van der Waals surface area contributed by atoms with Crippen molar-refractivity contribution in [2.24, 2.45) is 0 Å². The van der Waals surface area contributed by atoms with E-state index in [1.807, 2.05) is 13.8 Å². The molecule has 0 aliphatic rings. The van der Waals surface area contributed by atoms with Gasteiger partial charge in [0.15, 0.2) is 0 Å². The summed E-state index contributed by atoms with van der Waals surface area (Å²) in [6.45, 7) is 5.60. The molecule has 0 fully saturated rings. The number of benzene rings is 1. The molecule has 3 rings (SSSR count). The molecule has 0 bridgehead atoms. The Morgan fingerprint density at radius 1 is 1.44 bits per heavy atom. The van der Waals surface area contributed by atoms with Gasteiger partial charge in [-0.15, -0.1) is 23.1 Å². The molecule has 2 N–H and O–H groups in total. The molecule has 1 unspecified atom stereocenters. The fourth-order valence-electron chi connectivity index (χ4n) is 2.47. The summed E-state index contributed by atoms with van der Waals surface area (Å²) in [5.41, 5.74) is 0.923. The Hall–Kier alpha value is -1.71. The van der Waals surface area contributed by atoms with E-state index in [1.165, 1.54) is 35.2 Å². The van der Waals surface area contributed by atoms with Gasteiger partial charge in [-0.05, 0) is 44.5 Å². The molecule has 2 aromatic heterocycles. The number of fused-ring (bicyclic) bond motifs is 1. The van der Waals surface area contributed by atoms with Crippen molar-refractivity contribution >= 4 is 60.8 Å². The SMILES string of the molecule is Cc1sc2nc(CSC(C)C(=O)Nc3ccc(Br)cc3F)[nH]c(=O)c2c1C. The monoisotopic (exact) mass is 469 g/mol. The van der Waals surface area contributed by atoms with Gasteiger partial charge in [0.2, 0.25) is 5.91 Å². The van der Waals surface area contributed by atoms with Crippen LogP contribution in [0.4, 0.5) is 10.1 Å². The van der Waals surface area contributed by atoms with E-state index < -0.39 is 11.1 Å². The highest BCUT2D eigenvalue weighted by molar-refractivity contribution is 9.10. The van der Waals surface area contributed by atoms with Gasteiger partial charge in [-0.3, -0.25) is 9.59 Å². The Bertz CT molecular complexity index is 1080. The van der Waals surface area contributed by atoms with Crippen LogP contribution in [0.5, 0.6) is 0 Å². The first kappa shape index (κ1) is 20.0. The van der Waals surface area contributed by atoms with Gasteiger partial charge in [-0.1, -0.05) is 15.9 Å². The molecule has 0 saturated carbocycles. The van der Waals surface area contributed by atoms with Crippen molar-refractivity contribution in [3.8, 4) is 0 Å². The van der Waals surface area contributed by atoms with Crippen molar-refractivity contribution in [2.45, 2.75) is 31.8 Å². The van der Waals surface area contributed by atoms with E-state index >= 15 is 0 Å². The fraction of sp³-hybridized carbons (Fsp3) is 0.278. The first-order valence-electron chi connectivity index (χ1n) is 8.12. The van der Waals surface area contributed by atoms with Crippen LogP contribution in [0.2, 0.25) is 0 Å². The number of nitrogens with zero attached hydrogens (tertiary/aromatic N) is 1. The molecular formula is C18H17BrFN3O2S2. The molecule has 0 radical (unpaired) electrons. The zero-order chi connectivity index (χ0) is 19.7. The summed E-state index contributed by atoms with van der Waals surface area (Å²) < 4.78 is 14.5. The highest BCUT2D eigenvalue weighted by Crippen LogP contribution is 2.27. The molecule has 0 aliphatic carbocycles. The number of nitrogens with one attached hydrogen (secondary N) is 2. The Labute approximate surface area is 171 Å². The van der Waals surface area contributed by atoms with Crippen LogP contribution < -0.4 is 10.9 Å². The number of hydrogen-bond donors (Lipinski definition) is 2. The van der Waals surface area contributed by atoms with E-state index in [-0.39, 0.29) is 17.2 Å². The molecule has 2 heterocycles. The zero-order valence-corrected chi connectivity index (χ0v) is 18.1. The minimum absolute atomic E-state index is 0.133. The fourth-order valence-corrected chi connectivity index (χ4v) is 4.61. The van der Waals surface area contributed by atoms with Crippen LogP contribution in [0.15, 0.2) is 27.5 Å². The number of rotatable bonds is 5. The van der Waals surface area contributed by atoms with Crippen molar-refractivity contribution in [2.75, 3.05) is 5.32 Å². The van der Waals surface area contributed by atoms with Crippen molar-refractivity contribution in [1.82, 2.24) is 9.97 Å². The number of H-pyrrole nitrogens is 1. The topological polar surface area (TPSA) is 74.8 Å². The molecule has 3 aromatic rings. The van der Waals surface area contributed by atoms with Crippen LogP contribution in [-0.4, -0.2) is 21.1 Å². The number of amides is 1. The summed E-state index contributed by atoms with van der Waals surface area (Å²) in [7, 11) is 0. The third-order valence-corrected chi connectivity index (χ3v) is 6.86. The molecule has 142 valence electrons. The van der Waals surface area contributed by atoms with E-state index in [4.69, 9.17) is 0 Å². The number of anilines is 1. The third kappa shape index (κ3) is 4.41. The van der Waals surface area contributed by atoms with Crippen LogP contribution in [0.25, 0.3) is 10.2 Å². The molecule has 1 amide bonds. The highest BCUT2D eigenvalue weighted by Gasteiger charge is 2.17. The molecule has 5 nitrogen and oxygen atoms in total. The van der Waals surface area contributed by atoms with Crippen LogP contribution in [0.3, 0.4) is 0 Å². The van der Waals surface area contributed by atoms with Crippen molar-refractivity contribution in [3.63, 3.8) is 0 Å². The second-order valence-electron chi connectivity index (χ2n) is 6.04. The van der Waals surface area contributed by atoms with E-state index in [0.29, 0.717) is 26.3 Å². The number of aromatic nitrogens is 2.